The topological polar surface area (TPSA) is 51.2 Å². The molecule has 1 aromatic heterocycles. The lowest BCUT2D eigenvalue weighted by molar-refractivity contribution is 0.502. The van der Waals surface area contributed by atoms with E-state index in [1.807, 2.05) is 6.07 Å². The first-order valence-corrected chi connectivity index (χ1v) is 7.27. The van der Waals surface area contributed by atoms with Crippen molar-refractivity contribution in [3.63, 3.8) is 0 Å². The molecule has 0 spiro atoms. The molecular formula is C17H24N2O. The molecule has 20 heavy (non-hydrogen) atoms. The van der Waals surface area contributed by atoms with E-state index in [0.717, 1.165) is 24.2 Å². The number of nitrogens with two attached hydrogens (primary N) is 1. The molecule has 0 bridgehead atoms. The van der Waals surface area contributed by atoms with E-state index >= 15 is 0 Å². The summed E-state index contributed by atoms with van der Waals surface area (Å²) in [5, 5.41) is 0. The van der Waals surface area contributed by atoms with Crippen LogP contribution in [0.2, 0.25) is 0 Å². The minimum absolute atomic E-state index is 0.0178. The van der Waals surface area contributed by atoms with Crippen LogP contribution in [0, 0.1) is 5.92 Å². The summed E-state index contributed by atoms with van der Waals surface area (Å²) in [4.78, 5) is 0. The molecule has 3 N–H and O–H groups in total. The molecule has 3 nitrogen and oxygen atoms in total. The van der Waals surface area contributed by atoms with Crippen LogP contribution in [0.3, 0.4) is 0 Å². The SMILES string of the molecule is CCc1occc1C(NN)c1cccc(CC(C)C)c1. The van der Waals surface area contributed by atoms with Gasteiger partial charge in [0.05, 0.1) is 12.3 Å². The second-order valence-electron chi connectivity index (χ2n) is 5.60. The fraction of sp³-hybridized carbons (Fsp3) is 0.412. The van der Waals surface area contributed by atoms with E-state index in [-0.39, 0.29) is 6.04 Å². The van der Waals surface area contributed by atoms with Crippen LogP contribution < -0.4 is 11.3 Å². The average molecular weight is 272 g/mol. The second-order valence-corrected chi connectivity index (χ2v) is 5.60. The number of hydrazine groups is 1. The number of hydrogen-bond donors (Lipinski definition) is 2. The van der Waals surface area contributed by atoms with Gasteiger partial charge in [0.2, 0.25) is 0 Å². The van der Waals surface area contributed by atoms with Crippen LogP contribution in [-0.4, -0.2) is 0 Å². The largest absolute Gasteiger partial charge is 0.469 e. The zero-order chi connectivity index (χ0) is 14.5. The standard InChI is InChI=1S/C17H24N2O/c1-4-16-15(8-9-20-16)17(19-18)14-7-5-6-13(11-14)10-12(2)3/h5-9,11-12,17,19H,4,10,18H2,1-3H3. The van der Waals surface area contributed by atoms with Crippen LogP contribution in [0.1, 0.15) is 49.3 Å². The molecule has 0 fully saturated rings. The molecule has 0 saturated carbocycles. The third kappa shape index (κ3) is 3.30. The lowest BCUT2D eigenvalue weighted by Crippen LogP contribution is -2.29. The molecule has 2 rings (SSSR count). The van der Waals surface area contributed by atoms with Gasteiger partial charge in [0.1, 0.15) is 5.76 Å². The molecule has 3 heteroatoms. The molecule has 2 aromatic rings. The second kappa shape index (κ2) is 6.73. The van der Waals surface area contributed by atoms with Crippen LogP contribution in [0.4, 0.5) is 0 Å². The van der Waals surface area contributed by atoms with E-state index < -0.39 is 0 Å². The van der Waals surface area contributed by atoms with E-state index in [1.165, 1.54) is 11.1 Å². The van der Waals surface area contributed by atoms with Crippen molar-refractivity contribution in [3.05, 3.63) is 59.0 Å². The molecular weight excluding hydrogens is 248 g/mol. The molecule has 0 radical (unpaired) electrons. The highest BCUT2D eigenvalue weighted by Gasteiger charge is 2.18. The summed E-state index contributed by atoms with van der Waals surface area (Å²) in [6.45, 7) is 6.55. The third-order valence-electron chi connectivity index (χ3n) is 3.51. The number of rotatable bonds is 6. The van der Waals surface area contributed by atoms with Gasteiger partial charge in [-0.25, -0.2) is 5.43 Å². The van der Waals surface area contributed by atoms with Gasteiger partial charge >= 0.3 is 0 Å². The lowest BCUT2D eigenvalue weighted by atomic mass is 9.95. The van der Waals surface area contributed by atoms with Gasteiger partial charge in [-0.05, 0) is 29.5 Å². The first kappa shape index (κ1) is 14.8. The Morgan fingerprint density at radius 1 is 1.25 bits per heavy atom. The molecule has 1 aromatic carbocycles. The van der Waals surface area contributed by atoms with Gasteiger partial charge in [-0.3, -0.25) is 5.84 Å². The van der Waals surface area contributed by atoms with Gasteiger partial charge in [-0.15, -0.1) is 0 Å². The molecule has 0 amide bonds. The Hall–Kier alpha value is -1.58. The van der Waals surface area contributed by atoms with Crippen LogP contribution in [0.5, 0.6) is 0 Å². The highest BCUT2D eigenvalue weighted by molar-refractivity contribution is 5.35. The van der Waals surface area contributed by atoms with E-state index in [4.69, 9.17) is 10.3 Å². The van der Waals surface area contributed by atoms with Crippen molar-refractivity contribution in [2.24, 2.45) is 11.8 Å². The van der Waals surface area contributed by atoms with Crippen molar-refractivity contribution in [2.75, 3.05) is 0 Å². The van der Waals surface area contributed by atoms with Crippen LogP contribution in [-0.2, 0) is 12.8 Å². The highest BCUT2D eigenvalue weighted by Crippen LogP contribution is 2.27. The predicted octanol–water partition coefficient (Wildman–Crippen LogP) is 3.59. The van der Waals surface area contributed by atoms with E-state index in [2.05, 4.69) is 50.5 Å². The fourth-order valence-electron chi connectivity index (χ4n) is 2.63. The van der Waals surface area contributed by atoms with Gasteiger partial charge < -0.3 is 4.42 Å². The quantitative estimate of drug-likeness (QED) is 0.624. The summed E-state index contributed by atoms with van der Waals surface area (Å²) in [6, 6.07) is 10.6. The number of nitrogens with one attached hydrogen (secondary N) is 1. The summed E-state index contributed by atoms with van der Waals surface area (Å²) >= 11 is 0. The number of benzene rings is 1. The molecule has 1 atom stereocenters. The summed E-state index contributed by atoms with van der Waals surface area (Å²) < 4.78 is 5.52. The van der Waals surface area contributed by atoms with Gasteiger partial charge in [0, 0.05) is 12.0 Å². The normalized spacial score (nSPS) is 12.8. The van der Waals surface area contributed by atoms with Gasteiger partial charge in [0.15, 0.2) is 0 Å². The van der Waals surface area contributed by atoms with Crippen molar-refractivity contribution < 1.29 is 4.42 Å². The summed E-state index contributed by atoms with van der Waals surface area (Å²) in [5.41, 5.74) is 6.57. The number of aryl methyl sites for hydroxylation is 1. The summed E-state index contributed by atoms with van der Waals surface area (Å²) in [7, 11) is 0. The predicted molar refractivity (Wildman–Crippen MR) is 82.2 cm³/mol. The van der Waals surface area contributed by atoms with Crippen LogP contribution in [0.15, 0.2) is 41.0 Å². The van der Waals surface area contributed by atoms with Gasteiger partial charge in [0.25, 0.3) is 0 Å². The highest BCUT2D eigenvalue weighted by atomic mass is 16.3. The van der Waals surface area contributed by atoms with Crippen molar-refractivity contribution in [3.8, 4) is 0 Å². The molecule has 0 aliphatic rings. The van der Waals surface area contributed by atoms with Crippen LogP contribution in [0.25, 0.3) is 0 Å². The fourth-order valence-corrected chi connectivity index (χ4v) is 2.63. The molecule has 0 aliphatic carbocycles. The maximum absolute atomic E-state index is 5.78. The smallest absolute Gasteiger partial charge is 0.108 e. The van der Waals surface area contributed by atoms with E-state index in [9.17, 15) is 0 Å². The molecule has 1 heterocycles. The van der Waals surface area contributed by atoms with Crippen LogP contribution >= 0.6 is 0 Å². The van der Waals surface area contributed by atoms with E-state index in [1.54, 1.807) is 6.26 Å². The third-order valence-corrected chi connectivity index (χ3v) is 3.51. The minimum Gasteiger partial charge on any atom is -0.469 e. The van der Waals surface area contributed by atoms with Gasteiger partial charge in [-0.1, -0.05) is 45.0 Å². The molecule has 108 valence electrons. The molecule has 1 unspecified atom stereocenters. The summed E-state index contributed by atoms with van der Waals surface area (Å²) in [6.07, 6.45) is 3.68. The first-order valence-electron chi connectivity index (χ1n) is 7.27. The monoisotopic (exact) mass is 272 g/mol. The number of furan rings is 1. The Kier molecular flexibility index (Phi) is 4.99. The Labute approximate surface area is 121 Å². The Balaban J connectivity index is 2.32. The zero-order valence-corrected chi connectivity index (χ0v) is 12.5. The maximum Gasteiger partial charge on any atom is 0.108 e. The minimum atomic E-state index is -0.0178. The molecule has 0 aliphatic heterocycles. The van der Waals surface area contributed by atoms with E-state index in [0.29, 0.717) is 5.92 Å². The Bertz CT molecular complexity index is 545. The van der Waals surface area contributed by atoms with Crippen molar-refractivity contribution in [1.29, 1.82) is 0 Å². The Morgan fingerprint density at radius 2 is 2.05 bits per heavy atom. The number of hydrogen-bond acceptors (Lipinski definition) is 3. The maximum atomic E-state index is 5.78. The lowest BCUT2D eigenvalue weighted by Gasteiger charge is -2.17. The van der Waals surface area contributed by atoms with Crippen molar-refractivity contribution >= 4 is 0 Å². The summed E-state index contributed by atoms with van der Waals surface area (Å²) in [5.74, 6) is 7.42. The van der Waals surface area contributed by atoms with Gasteiger partial charge in [-0.2, -0.15) is 0 Å². The van der Waals surface area contributed by atoms with Crippen molar-refractivity contribution in [1.82, 2.24) is 5.43 Å². The first-order chi connectivity index (χ1) is 9.65. The van der Waals surface area contributed by atoms with Crippen molar-refractivity contribution in [2.45, 2.75) is 39.7 Å². The molecule has 0 saturated heterocycles. The Morgan fingerprint density at radius 3 is 2.70 bits per heavy atom. The average Bonchev–Trinajstić information content (AvgIpc) is 2.87. The zero-order valence-electron chi connectivity index (χ0n) is 12.5.